The normalized spacial score (nSPS) is 16.9. The van der Waals surface area contributed by atoms with Crippen molar-refractivity contribution in [2.24, 2.45) is 7.05 Å². The summed E-state index contributed by atoms with van der Waals surface area (Å²) in [5.41, 5.74) is 1.91. The van der Waals surface area contributed by atoms with Crippen LogP contribution in [0.4, 0.5) is 0 Å². The van der Waals surface area contributed by atoms with E-state index in [2.05, 4.69) is 20.2 Å². The van der Waals surface area contributed by atoms with Gasteiger partial charge in [0, 0.05) is 39.5 Å². The highest BCUT2D eigenvalue weighted by atomic mass is 16.4. The van der Waals surface area contributed by atoms with E-state index >= 15 is 0 Å². The Kier molecular flexibility index (Phi) is 3.13. The van der Waals surface area contributed by atoms with Crippen LogP contribution in [-0.4, -0.2) is 31.4 Å². The van der Waals surface area contributed by atoms with Crippen molar-refractivity contribution in [1.29, 1.82) is 0 Å². The average Bonchev–Trinajstić information content (AvgIpc) is 2.85. The Morgan fingerprint density at radius 1 is 1.40 bits per heavy atom. The largest absolute Gasteiger partial charge is 0.424 e. The van der Waals surface area contributed by atoms with E-state index in [1.54, 1.807) is 20.0 Å². The minimum atomic E-state index is -0.0770. The Labute approximate surface area is 116 Å². The van der Waals surface area contributed by atoms with E-state index in [0.717, 1.165) is 24.2 Å². The quantitative estimate of drug-likeness (QED) is 0.798. The van der Waals surface area contributed by atoms with Crippen LogP contribution >= 0.6 is 0 Å². The van der Waals surface area contributed by atoms with Crippen molar-refractivity contribution < 1.29 is 4.42 Å². The van der Waals surface area contributed by atoms with E-state index in [0.29, 0.717) is 18.3 Å². The zero-order valence-corrected chi connectivity index (χ0v) is 11.8. The Morgan fingerprint density at radius 3 is 2.90 bits per heavy atom. The molecule has 2 aromatic heterocycles. The number of nitrogens with zero attached hydrogens (tertiary/aromatic N) is 5. The molecule has 7 nitrogen and oxygen atoms in total. The predicted octanol–water partition coefficient (Wildman–Crippen LogP) is 0.591. The number of fused-ring (bicyclic) bond motifs is 1. The lowest BCUT2D eigenvalue weighted by Crippen LogP contribution is -2.36. The van der Waals surface area contributed by atoms with Crippen molar-refractivity contribution in [2.75, 3.05) is 6.54 Å². The number of hydrogen-bond acceptors (Lipinski definition) is 6. The summed E-state index contributed by atoms with van der Waals surface area (Å²) in [7, 11) is 1.68. The van der Waals surface area contributed by atoms with Crippen molar-refractivity contribution in [2.45, 2.75) is 32.9 Å². The number of aromatic nitrogens is 4. The molecule has 0 bridgehead atoms. The first kappa shape index (κ1) is 13.0. The van der Waals surface area contributed by atoms with Gasteiger partial charge in [0.05, 0.1) is 11.7 Å². The second-order valence-electron chi connectivity index (χ2n) is 5.13. The van der Waals surface area contributed by atoms with Crippen molar-refractivity contribution in [3.8, 4) is 0 Å². The van der Waals surface area contributed by atoms with Gasteiger partial charge in [-0.15, -0.1) is 10.2 Å². The third-order valence-electron chi connectivity index (χ3n) is 3.71. The average molecular weight is 275 g/mol. The van der Waals surface area contributed by atoms with Gasteiger partial charge in [0.15, 0.2) is 0 Å². The maximum atomic E-state index is 11.7. The highest BCUT2D eigenvalue weighted by Crippen LogP contribution is 2.25. The van der Waals surface area contributed by atoms with Crippen LogP contribution in [-0.2, 0) is 20.0 Å². The summed E-state index contributed by atoms with van der Waals surface area (Å²) >= 11 is 0. The first-order valence-electron chi connectivity index (χ1n) is 6.65. The molecule has 106 valence electrons. The van der Waals surface area contributed by atoms with Gasteiger partial charge < -0.3 is 4.42 Å². The molecule has 0 radical (unpaired) electrons. The molecular weight excluding hydrogens is 258 g/mol. The molecule has 0 aromatic carbocycles. The summed E-state index contributed by atoms with van der Waals surface area (Å²) in [6.07, 6.45) is 0.820. The topological polar surface area (TPSA) is 77.1 Å². The van der Waals surface area contributed by atoms with E-state index in [1.165, 1.54) is 4.68 Å². The summed E-state index contributed by atoms with van der Waals surface area (Å²) in [5.74, 6) is 1.18. The molecule has 0 N–H and O–H groups in total. The van der Waals surface area contributed by atoms with Crippen LogP contribution < -0.4 is 5.56 Å². The molecule has 2 aromatic rings. The Bertz CT molecular complexity index is 690. The zero-order chi connectivity index (χ0) is 14.3. The number of hydrogen-bond donors (Lipinski definition) is 0. The van der Waals surface area contributed by atoms with Crippen molar-refractivity contribution in [1.82, 2.24) is 24.9 Å². The molecule has 3 rings (SSSR count). The minimum Gasteiger partial charge on any atom is -0.424 e. The Balaban J connectivity index is 1.85. The molecule has 1 atom stereocenters. The fraction of sp³-hybridized carbons (Fsp3) is 0.538. The monoisotopic (exact) mass is 275 g/mol. The summed E-state index contributed by atoms with van der Waals surface area (Å²) in [5, 5.41) is 12.2. The van der Waals surface area contributed by atoms with Gasteiger partial charge >= 0.3 is 0 Å². The lowest BCUT2D eigenvalue weighted by Gasteiger charge is -2.31. The molecule has 3 heterocycles. The Hall–Kier alpha value is -2.02. The van der Waals surface area contributed by atoms with Gasteiger partial charge in [-0.05, 0) is 12.5 Å². The van der Waals surface area contributed by atoms with Gasteiger partial charge in [0.1, 0.15) is 0 Å². The van der Waals surface area contributed by atoms with Crippen LogP contribution in [0.25, 0.3) is 0 Å². The maximum absolute atomic E-state index is 11.7. The molecule has 0 spiro atoms. The van der Waals surface area contributed by atoms with Gasteiger partial charge in [0.2, 0.25) is 11.8 Å². The van der Waals surface area contributed by atoms with Crippen LogP contribution in [0.1, 0.15) is 36.0 Å². The molecule has 0 amide bonds. The molecule has 1 aliphatic rings. The van der Waals surface area contributed by atoms with E-state index in [9.17, 15) is 4.79 Å². The van der Waals surface area contributed by atoms with Gasteiger partial charge in [0.25, 0.3) is 5.56 Å². The summed E-state index contributed by atoms with van der Waals surface area (Å²) in [6, 6.07) is 1.70. The smallest absolute Gasteiger partial charge is 0.266 e. The van der Waals surface area contributed by atoms with E-state index in [-0.39, 0.29) is 11.6 Å². The zero-order valence-electron chi connectivity index (χ0n) is 11.8. The van der Waals surface area contributed by atoms with E-state index in [1.807, 2.05) is 6.92 Å². The molecule has 1 aliphatic heterocycles. The number of aryl methyl sites for hydroxylation is 2. The highest BCUT2D eigenvalue weighted by Gasteiger charge is 2.26. The van der Waals surface area contributed by atoms with Crippen molar-refractivity contribution >= 4 is 0 Å². The van der Waals surface area contributed by atoms with Crippen LogP contribution in [0.2, 0.25) is 0 Å². The molecule has 0 saturated carbocycles. The van der Waals surface area contributed by atoms with Crippen LogP contribution in [0.15, 0.2) is 15.3 Å². The molecule has 7 heteroatoms. The first-order chi connectivity index (χ1) is 9.54. The third kappa shape index (κ3) is 2.24. The van der Waals surface area contributed by atoms with Crippen molar-refractivity contribution in [3.63, 3.8) is 0 Å². The number of rotatable bonds is 2. The maximum Gasteiger partial charge on any atom is 0.266 e. The standard InChI is InChI=1S/C13H17N5O2/c1-8(13-15-14-9(2)20-13)18-5-4-11-10(7-18)6-12(19)17(3)16-11/h6,8H,4-5,7H2,1-3H3/t8-/m0/s1. The van der Waals surface area contributed by atoms with Gasteiger partial charge in [-0.2, -0.15) is 5.10 Å². The van der Waals surface area contributed by atoms with Crippen molar-refractivity contribution in [3.05, 3.63) is 39.5 Å². The lowest BCUT2D eigenvalue weighted by molar-refractivity contribution is 0.163. The molecule has 20 heavy (non-hydrogen) atoms. The van der Waals surface area contributed by atoms with Crippen LogP contribution in [0.5, 0.6) is 0 Å². The van der Waals surface area contributed by atoms with Crippen LogP contribution in [0, 0.1) is 6.92 Å². The third-order valence-corrected chi connectivity index (χ3v) is 3.71. The molecule has 0 fully saturated rings. The summed E-state index contributed by atoms with van der Waals surface area (Å²) < 4.78 is 6.87. The Morgan fingerprint density at radius 2 is 2.20 bits per heavy atom. The molecule has 0 aliphatic carbocycles. The van der Waals surface area contributed by atoms with Crippen LogP contribution in [0.3, 0.4) is 0 Å². The van der Waals surface area contributed by atoms with Gasteiger partial charge in [-0.1, -0.05) is 0 Å². The highest BCUT2D eigenvalue weighted by molar-refractivity contribution is 5.21. The second kappa shape index (κ2) is 4.82. The fourth-order valence-electron chi connectivity index (χ4n) is 2.48. The SMILES string of the molecule is Cc1nnc([C@H](C)N2CCc3nn(C)c(=O)cc3C2)o1. The summed E-state index contributed by atoms with van der Waals surface area (Å²) in [4.78, 5) is 13.9. The molecule has 0 unspecified atom stereocenters. The van der Waals surface area contributed by atoms with E-state index in [4.69, 9.17) is 4.42 Å². The van der Waals surface area contributed by atoms with E-state index < -0.39 is 0 Å². The second-order valence-corrected chi connectivity index (χ2v) is 5.13. The van der Waals surface area contributed by atoms with Gasteiger partial charge in [-0.3, -0.25) is 9.69 Å². The predicted molar refractivity (Wildman–Crippen MR) is 71.0 cm³/mol. The first-order valence-corrected chi connectivity index (χ1v) is 6.65. The van der Waals surface area contributed by atoms with Gasteiger partial charge in [-0.25, -0.2) is 4.68 Å². The molecule has 0 saturated heterocycles. The summed E-state index contributed by atoms with van der Waals surface area (Å²) in [6.45, 7) is 5.36. The minimum absolute atomic E-state index is 0.0356. The fourth-order valence-corrected chi connectivity index (χ4v) is 2.48. The lowest BCUT2D eigenvalue weighted by atomic mass is 10.0. The molecular formula is C13H17N5O2.